The van der Waals surface area contributed by atoms with E-state index in [2.05, 4.69) is 44.6 Å². The molecule has 0 unspecified atom stereocenters. The lowest BCUT2D eigenvalue weighted by Gasteiger charge is -2.35. The summed E-state index contributed by atoms with van der Waals surface area (Å²) in [5.74, 6) is 1.63. The van der Waals surface area contributed by atoms with Gasteiger partial charge in [-0.1, -0.05) is 13.8 Å². The highest BCUT2D eigenvalue weighted by atomic mass is 79.9. The van der Waals surface area contributed by atoms with E-state index in [-0.39, 0.29) is 5.91 Å². The third kappa shape index (κ3) is 4.39. The Morgan fingerprint density at radius 2 is 2.00 bits per heavy atom. The first kappa shape index (κ1) is 18.3. The van der Waals surface area contributed by atoms with E-state index in [0.29, 0.717) is 19.0 Å². The van der Waals surface area contributed by atoms with Crippen LogP contribution in [0.5, 0.6) is 0 Å². The van der Waals surface area contributed by atoms with Gasteiger partial charge in [-0.15, -0.1) is 11.3 Å². The molecule has 2 aromatic rings. The SMILES string of the molecule is Cc1nc(CC(C)C)sc1C(=O)N1CCN(c2ccc(Br)cn2)CC1. The van der Waals surface area contributed by atoms with E-state index in [4.69, 9.17) is 0 Å². The van der Waals surface area contributed by atoms with Gasteiger partial charge < -0.3 is 9.80 Å². The fraction of sp³-hybridized carbons (Fsp3) is 0.500. The average Bonchev–Trinajstić information content (AvgIpc) is 2.94. The molecular weight excluding hydrogens is 400 g/mol. The van der Waals surface area contributed by atoms with Crippen LogP contribution in [0.2, 0.25) is 0 Å². The lowest BCUT2D eigenvalue weighted by molar-refractivity contribution is 0.0750. The van der Waals surface area contributed by atoms with Crippen LogP contribution in [0.1, 0.15) is 34.2 Å². The highest BCUT2D eigenvalue weighted by molar-refractivity contribution is 9.10. The molecule has 1 aliphatic heterocycles. The fourth-order valence-electron chi connectivity index (χ4n) is 2.92. The molecule has 134 valence electrons. The number of hydrogen-bond donors (Lipinski definition) is 0. The molecule has 0 atom stereocenters. The minimum absolute atomic E-state index is 0.119. The number of hydrogen-bond acceptors (Lipinski definition) is 5. The van der Waals surface area contributed by atoms with Crippen molar-refractivity contribution in [2.24, 2.45) is 5.92 Å². The van der Waals surface area contributed by atoms with Crippen LogP contribution in [0.3, 0.4) is 0 Å². The van der Waals surface area contributed by atoms with E-state index in [9.17, 15) is 4.79 Å². The van der Waals surface area contributed by atoms with E-state index in [1.807, 2.05) is 30.2 Å². The number of aromatic nitrogens is 2. The lowest BCUT2D eigenvalue weighted by Crippen LogP contribution is -2.49. The van der Waals surface area contributed by atoms with E-state index in [1.165, 1.54) is 0 Å². The highest BCUT2D eigenvalue weighted by Gasteiger charge is 2.26. The molecule has 2 aromatic heterocycles. The maximum Gasteiger partial charge on any atom is 0.265 e. The molecule has 1 amide bonds. The number of aryl methyl sites for hydroxylation is 1. The zero-order valence-corrected chi connectivity index (χ0v) is 17.2. The predicted octanol–water partition coefficient (Wildman–Crippen LogP) is 3.77. The Morgan fingerprint density at radius 1 is 1.28 bits per heavy atom. The number of pyridine rings is 1. The highest BCUT2D eigenvalue weighted by Crippen LogP contribution is 2.24. The first-order valence-corrected chi connectivity index (χ1v) is 10.2. The van der Waals surface area contributed by atoms with Crippen molar-refractivity contribution in [3.05, 3.63) is 38.4 Å². The minimum Gasteiger partial charge on any atom is -0.353 e. The van der Waals surface area contributed by atoms with Crippen LogP contribution in [0, 0.1) is 12.8 Å². The van der Waals surface area contributed by atoms with Gasteiger partial charge in [-0.25, -0.2) is 9.97 Å². The summed E-state index contributed by atoms with van der Waals surface area (Å²) in [6.07, 6.45) is 2.74. The number of carbonyl (C=O) groups excluding carboxylic acids is 1. The Morgan fingerprint density at radius 3 is 2.60 bits per heavy atom. The Labute approximate surface area is 161 Å². The lowest BCUT2D eigenvalue weighted by atomic mass is 10.1. The Hall–Kier alpha value is -1.47. The largest absolute Gasteiger partial charge is 0.353 e. The number of nitrogens with zero attached hydrogens (tertiary/aromatic N) is 4. The smallest absolute Gasteiger partial charge is 0.265 e. The molecule has 0 radical (unpaired) electrons. The Kier molecular flexibility index (Phi) is 5.74. The normalized spacial score (nSPS) is 15.1. The van der Waals surface area contributed by atoms with Crippen molar-refractivity contribution in [3.63, 3.8) is 0 Å². The van der Waals surface area contributed by atoms with Gasteiger partial charge in [-0.3, -0.25) is 4.79 Å². The van der Waals surface area contributed by atoms with Crippen LogP contribution in [0.15, 0.2) is 22.8 Å². The number of carbonyl (C=O) groups is 1. The number of thiazole rings is 1. The van der Waals surface area contributed by atoms with Crippen molar-refractivity contribution < 1.29 is 4.79 Å². The van der Waals surface area contributed by atoms with Gasteiger partial charge >= 0.3 is 0 Å². The molecule has 7 heteroatoms. The number of anilines is 1. The van der Waals surface area contributed by atoms with Gasteiger partial charge in [0, 0.05) is 43.3 Å². The quantitative estimate of drug-likeness (QED) is 0.751. The predicted molar refractivity (Wildman–Crippen MR) is 105 cm³/mol. The summed E-state index contributed by atoms with van der Waals surface area (Å²) < 4.78 is 0.975. The molecule has 0 bridgehead atoms. The summed E-state index contributed by atoms with van der Waals surface area (Å²) in [5, 5.41) is 1.06. The first-order chi connectivity index (χ1) is 11.9. The number of halogens is 1. The first-order valence-electron chi connectivity index (χ1n) is 8.56. The van der Waals surface area contributed by atoms with Gasteiger partial charge in [-0.2, -0.15) is 0 Å². The van der Waals surface area contributed by atoms with Gasteiger partial charge in [0.25, 0.3) is 5.91 Å². The van der Waals surface area contributed by atoms with Crippen molar-refractivity contribution in [2.45, 2.75) is 27.2 Å². The molecule has 3 heterocycles. The summed E-state index contributed by atoms with van der Waals surface area (Å²) in [6.45, 7) is 9.33. The monoisotopic (exact) mass is 422 g/mol. The summed E-state index contributed by atoms with van der Waals surface area (Å²) in [5.41, 5.74) is 0.864. The molecule has 1 saturated heterocycles. The van der Waals surface area contributed by atoms with Crippen LogP contribution < -0.4 is 4.90 Å². The van der Waals surface area contributed by atoms with Crippen LogP contribution in [0.4, 0.5) is 5.82 Å². The fourth-order valence-corrected chi connectivity index (χ4v) is 4.40. The van der Waals surface area contributed by atoms with Crippen molar-refractivity contribution in [1.29, 1.82) is 0 Å². The van der Waals surface area contributed by atoms with Gasteiger partial charge in [0.2, 0.25) is 0 Å². The number of amides is 1. The van der Waals surface area contributed by atoms with E-state index in [1.54, 1.807) is 11.3 Å². The Balaban J connectivity index is 1.63. The van der Waals surface area contributed by atoms with Crippen LogP contribution in [0.25, 0.3) is 0 Å². The van der Waals surface area contributed by atoms with Gasteiger partial charge in [0.1, 0.15) is 10.7 Å². The summed E-state index contributed by atoms with van der Waals surface area (Å²) in [6, 6.07) is 4.00. The second-order valence-electron chi connectivity index (χ2n) is 6.73. The molecule has 0 aliphatic carbocycles. The topological polar surface area (TPSA) is 49.3 Å². The molecule has 0 N–H and O–H groups in total. The Bertz CT molecular complexity index is 736. The summed E-state index contributed by atoms with van der Waals surface area (Å²) in [4.78, 5) is 26.8. The second kappa shape index (κ2) is 7.83. The molecule has 1 fully saturated rings. The van der Waals surface area contributed by atoms with Crippen molar-refractivity contribution in [2.75, 3.05) is 31.1 Å². The van der Waals surface area contributed by atoms with Crippen molar-refractivity contribution in [3.8, 4) is 0 Å². The van der Waals surface area contributed by atoms with Gasteiger partial charge in [-0.05, 0) is 40.9 Å². The third-order valence-electron chi connectivity index (χ3n) is 4.22. The van der Waals surface area contributed by atoms with Crippen LogP contribution in [-0.4, -0.2) is 47.0 Å². The van der Waals surface area contributed by atoms with Crippen molar-refractivity contribution >= 4 is 39.0 Å². The maximum atomic E-state index is 12.9. The molecule has 0 aromatic carbocycles. The summed E-state index contributed by atoms with van der Waals surface area (Å²) >= 11 is 4.96. The van der Waals surface area contributed by atoms with Gasteiger partial charge in [0.05, 0.1) is 10.7 Å². The average molecular weight is 423 g/mol. The molecule has 25 heavy (non-hydrogen) atoms. The molecular formula is C18H23BrN4OS. The molecule has 5 nitrogen and oxygen atoms in total. The zero-order valence-electron chi connectivity index (χ0n) is 14.8. The molecule has 0 spiro atoms. The minimum atomic E-state index is 0.119. The molecule has 1 aliphatic rings. The van der Waals surface area contributed by atoms with E-state index in [0.717, 1.165) is 45.4 Å². The summed E-state index contributed by atoms with van der Waals surface area (Å²) in [7, 11) is 0. The van der Waals surface area contributed by atoms with Crippen LogP contribution in [-0.2, 0) is 6.42 Å². The second-order valence-corrected chi connectivity index (χ2v) is 8.73. The number of rotatable bonds is 4. The van der Waals surface area contributed by atoms with Crippen LogP contribution >= 0.6 is 27.3 Å². The van der Waals surface area contributed by atoms with Crippen molar-refractivity contribution in [1.82, 2.24) is 14.9 Å². The third-order valence-corrected chi connectivity index (χ3v) is 5.86. The zero-order chi connectivity index (χ0) is 18.0. The molecule has 3 rings (SSSR count). The van der Waals surface area contributed by atoms with E-state index < -0.39 is 0 Å². The number of piperazine rings is 1. The molecule has 0 saturated carbocycles. The van der Waals surface area contributed by atoms with E-state index >= 15 is 0 Å². The van der Waals surface area contributed by atoms with Gasteiger partial charge in [0.15, 0.2) is 0 Å². The standard InChI is InChI=1S/C18H23BrN4OS/c1-12(2)10-16-21-13(3)17(25-16)18(24)23-8-6-22(7-9-23)15-5-4-14(19)11-20-15/h4-5,11-12H,6-10H2,1-3H3. The maximum absolute atomic E-state index is 12.9.